The number of ether oxygens (including phenoxy) is 2. The Kier molecular flexibility index (Phi) is 9.94. The fraction of sp³-hybridized carbons (Fsp3) is 0.214. The van der Waals surface area contributed by atoms with Gasteiger partial charge in [0.25, 0.3) is 5.91 Å². The average molecular weight is 597 g/mol. The molecule has 14 heteroatoms. The zero-order chi connectivity index (χ0) is 31.1. The molecular formula is C28H21F6NO7. The molecule has 0 aliphatic heterocycles. The Morgan fingerprint density at radius 2 is 1.14 bits per heavy atom. The van der Waals surface area contributed by atoms with Crippen LogP contribution >= 0.6 is 0 Å². The van der Waals surface area contributed by atoms with E-state index in [2.05, 4.69) is 14.8 Å². The number of carboxylic acids is 1. The number of alkyl halides is 6. The molecule has 222 valence electrons. The second-order valence-corrected chi connectivity index (χ2v) is 8.71. The highest BCUT2D eigenvalue weighted by molar-refractivity contribution is 6.06. The Morgan fingerprint density at radius 3 is 1.60 bits per heavy atom. The number of benzene rings is 3. The Hall–Kier alpha value is -4.88. The molecule has 1 atom stereocenters. The lowest BCUT2D eigenvalue weighted by atomic mass is 9.85. The Labute approximate surface area is 233 Å². The van der Waals surface area contributed by atoms with Crippen LogP contribution in [0.4, 0.5) is 26.3 Å². The van der Waals surface area contributed by atoms with Gasteiger partial charge < -0.3 is 19.9 Å². The van der Waals surface area contributed by atoms with Crippen LogP contribution in [0.2, 0.25) is 0 Å². The highest BCUT2D eigenvalue weighted by Crippen LogP contribution is 2.30. The van der Waals surface area contributed by atoms with E-state index in [1.54, 1.807) is 0 Å². The molecule has 3 aromatic rings. The third-order valence-electron chi connectivity index (χ3n) is 5.69. The van der Waals surface area contributed by atoms with Gasteiger partial charge in [0, 0.05) is 29.7 Å². The van der Waals surface area contributed by atoms with Crippen LogP contribution < -0.4 is 14.8 Å². The lowest BCUT2D eigenvalue weighted by Crippen LogP contribution is -2.26. The average Bonchev–Trinajstić information content (AvgIpc) is 2.90. The number of aliphatic carboxylic acids is 1. The van der Waals surface area contributed by atoms with E-state index in [-0.39, 0.29) is 35.2 Å². The molecule has 3 aromatic carbocycles. The number of carboxylic acid groups (broad SMARTS) is 1. The summed E-state index contributed by atoms with van der Waals surface area (Å²) < 4.78 is 82.5. The van der Waals surface area contributed by atoms with Crippen LogP contribution in [0, 0.1) is 0 Å². The second kappa shape index (κ2) is 13.2. The molecule has 0 saturated heterocycles. The van der Waals surface area contributed by atoms with Gasteiger partial charge in [0.2, 0.25) is 0 Å². The topological polar surface area (TPSA) is 119 Å². The molecule has 0 saturated carbocycles. The van der Waals surface area contributed by atoms with Crippen LogP contribution in [0.15, 0.2) is 72.8 Å². The first-order chi connectivity index (χ1) is 19.6. The van der Waals surface area contributed by atoms with Crippen LogP contribution in [-0.2, 0) is 4.79 Å². The Balaban J connectivity index is 1.86. The van der Waals surface area contributed by atoms with Crippen LogP contribution in [-0.4, -0.2) is 47.8 Å². The molecule has 0 fully saturated rings. The van der Waals surface area contributed by atoms with Gasteiger partial charge in [0.05, 0.1) is 12.3 Å². The van der Waals surface area contributed by atoms with E-state index < -0.39 is 60.0 Å². The minimum atomic E-state index is -4.96. The van der Waals surface area contributed by atoms with Crippen molar-refractivity contribution in [3.8, 4) is 11.5 Å². The standard InChI is InChI=1S/C28H21F6NO7/c29-27(30,31)41-20-9-5-17(6-10-20)23(36)15-22(25(39)18-7-11-21(12-8-18)42-28(32,33)34)16-1-3-19(4-2-16)26(40)35-14-13-24(37)38/h1-12,22H,13-15H2,(H,35,40)(H,37,38). The summed E-state index contributed by atoms with van der Waals surface area (Å²) in [6.45, 7) is -0.133. The van der Waals surface area contributed by atoms with Crippen molar-refractivity contribution in [3.63, 3.8) is 0 Å². The number of Topliss-reactive ketones (excluding diaryl/α,β-unsaturated/α-hetero) is 2. The first kappa shape index (κ1) is 31.6. The van der Waals surface area contributed by atoms with E-state index >= 15 is 0 Å². The van der Waals surface area contributed by atoms with E-state index in [1.165, 1.54) is 24.3 Å². The highest BCUT2D eigenvalue weighted by atomic mass is 19.4. The molecule has 0 aliphatic carbocycles. The van der Waals surface area contributed by atoms with E-state index in [4.69, 9.17) is 5.11 Å². The summed E-state index contributed by atoms with van der Waals surface area (Å²) in [6.07, 6.45) is -10.7. The molecule has 0 radical (unpaired) electrons. The van der Waals surface area contributed by atoms with Gasteiger partial charge in [-0.05, 0) is 66.2 Å². The number of hydrogen-bond donors (Lipinski definition) is 2. The zero-order valence-electron chi connectivity index (χ0n) is 21.3. The number of ketones is 2. The maximum atomic E-state index is 13.4. The Bertz CT molecular complexity index is 1420. The fourth-order valence-corrected chi connectivity index (χ4v) is 3.78. The number of nitrogens with one attached hydrogen (secondary N) is 1. The number of carbonyl (C=O) groups is 4. The number of carbonyl (C=O) groups excluding carboxylic acids is 3. The summed E-state index contributed by atoms with van der Waals surface area (Å²) in [6, 6.07) is 13.4. The molecule has 2 N–H and O–H groups in total. The van der Waals surface area contributed by atoms with Crippen LogP contribution in [0.1, 0.15) is 55.4 Å². The third kappa shape index (κ3) is 9.64. The lowest BCUT2D eigenvalue weighted by Gasteiger charge is -2.17. The number of hydrogen-bond acceptors (Lipinski definition) is 6. The second-order valence-electron chi connectivity index (χ2n) is 8.71. The smallest absolute Gasteiger partial charge is 0.481 e. The molecule has 0 heterocycles. The first-order valence-electron chi connectivity index (χ1n) is 12.0. The first-order valence-corrected chi connectivity index (χ1v) is 12.0. The highest BCUT2D eigenvalue weighted by Gasteiger charge is 2.32. The molecule has 0 aromatic heterocycles. The number of amides is 1. The molecule has 0 spiro atoms. The molecule has 1 amide bonds. The lowest BCUT2D eigenvalue weighted by molar-refractivity contribution is -0.275. The van der Waals surface area contributed by atoms with Gasteiger partial charge in [0.15, 0.2) is 11.6 Å². The van der Waals surface area contributed by atoms with Crippen molar-refractivity contribution in [2.45, 2.75) is 31.5 Å². The molecule has 42 heavy (non-hydrogen) atoms. The summed E-state index contributed by atoms with van der Waals surface area (Å²) in [7, 11) is 0. The predicted octanol–water partition coefficient (Wildman–Crippen LogP) is 5.93. The quantitative estimate of drug-likeness (QED) is 0.196. The van der Waals surface area contributed by atoms with Crippen LogP contribution in [0.5, 0.6) is 11.5 Å². The number of halogens is 6. The van der Waals surface area contributed by atoms with Gasteiger partial charge in [-0.25, -0.2) is 0 Å². The van der Waals surface area contributed by atoms with Crippen LogP contribution in [0.3, 0.4) is 0 Å². The van der Waals surface area contributed by atoms with E-state index in [0.717, 1.165) is 48.5 Å². The fourth-order valence-electron chi connectivity index (χ4n) is 3.78. The van der Waals surface area contributed by atoms with Gasteiger partial charge >= 0.3 is 18.7 Å². The molecular weight excluding hydrogens is 576 g/mol. The predicted molar refractivity (Wildman–Crippen MR) is 133 cm³/mol. The van der Waals surface area contributed by atoms with Gasteiger partial charge in [-0.1, -0.05) is 12.1 Å². The largest absolute Gasteiger partial charge is 0.573 e. The van der Waals surface area contributed by atoms with E-state index in [9.17, 15) is 45.5 Å². The summed E-state index contributed by atoms with van der Waals surface area (Å²) in [5.74, 6) is -5.37. The van der Waals surface area contributed by atoms with E-state index in [0.29, 0.717) is 0 Å². The maximum Gasteiger partial charge on any atom is 0.573 e. The maximum absolute atomic E-state index is 13.4. The SMILES string of the molecule is O=C(O)CCNC(=O)c1ccc(C(CC(=O)c2ccc(OC(F)(F)F)cc2)C(=O)c2ccc(OC(F)(F)F)cc2)cc1. The minimum absolute atomic E-state index is 0.0364. The third-order valence-corrected chi connectivity index (χ3v) is 5.69. The molecule has 8 nitrogen and oxygen atoms in total. The zero-order valence-corrected chi connectivity index (χ0v) is 21.3. The van der Waals surface area contributed by atoms with Crippen molar-refractivity contribution in [3.05, 3.63) is 95.1 Å². The van der Waals surface area contributed by atoms with Crippen molar-refractivity contribution in [2.75, 3.05) is 6.54 Å². The van der Waals surface area contributed by atoms with Crippen molar-refractivity contribution < 1.29 is 60.1 Å². The molecule has 0 aliphatic rings. The Morgan fingerprint density at radius 1 is 0.690 bits per heavy atom. The van der Waals surface area contributed by atoms with Gasteiger partial charge in [-0.15, -0.1) is 26.3 Å². The van der Waals surface area contributed by atoms with Crippen LogP contribution in [0.25, 0.3) is 0 Å². The minimum Gasteiger partial charge on any atom is -0.481 e. The summed E-state index contributed by atoms with van der Waals surface area (Å²) in [4.78, 5) is 49.4. The van der Waals surface area contributed by atoms with Crippen molar-refractivity contribution in [2.24, 2.45) is 0 Å². The normalized spacial score (nSPS) is 12.2. The summed E-state index contributed by atoms with van der Waals surface area (Å²) in [5, 5.41) is 11.1. The van der Waals surface area contributed by atoms with Crippen molar-refractivity contribution in [1.29, 1.82) is 0 Å². The monoisotopic (exact) mass is 597 g/mol. The molecule has 3 rings (SSSR count). The molecule has 1 unspecified atom stereocenters. The van der Waals surface area contributed by atoms with Gasteiger partial charge in [-0.3, -0.25) is 19.2 Å². The van der Waals surface area contributed by atoms with Crippen molar-refractivity contribution in [1.82, 2.24) is 5.32 Å². The molecule has 0 bridgehead atoms. The summed E-state index contributed by atoms with van der Waals surface area (Å²) in [5.41, 5.74) is 0.274. The van der Waals surface area contributed by atoms with Crippen molar-refractivity contribution >= 4 is 23.4 Å². The summed E-state index contributed by atoms with van der Waals surface area (Å²) >= 11 is 0. The number of rotatable bonds is 12. The van der Waals surface area contributed by atoms with Gasteiger partial charge in [-0.2, -0.15) is 0 Å². The van der Waals surface area contributed by atoms with E-state index in [1.807, 2.05) is 0 Å². The van der Waals surface area contributed by atoms with Gasteiger partial charge in [0.1, 0.15) is 11.5 Å².